The number of hydrogen-bond donors (Lipinski definition) is 3. The lowest BCUT2D eigenvalue weighted by molar-refractivity contribution is -0.171. The second kappa shape index (κ2) is 10.5. The minimum Gasteiger partial charge on any atom is -0.506 e. The number of carbonyl (C=O) groups is 3. The maximum Gasteiger partial charge on any atom is 0.330 e. The number of benzene rings is 1. The van der Waals surface area contributed by atoms with Crippen molar-refractivity contribution in [1.29, 1.82) is 0 Å². The predicted octanol–water partition coefficient (Wildman–Crippen LogP) is 6.21. The van der Waals surface area contributed by atoms with Gasteiger partial charge in [0.05, 0.1) is 16.8 Å². The largest absolute Gasteiger partial charge is 0.506 e. The standard InChI is InChI=1S/C38H44O9/c1-20(2)10-11-24-30-23(13-16-36(8,45-30)15-9-14-34(4,5)44)28(39)27-29(40)25-18-22-19-26-35(6,7)47-37(32(22)41,17-12-21(3)33(42)43)38(25,26)46-31(24)27/h9-10,12-14,16,18,22,26,39,44H,11,15,17,19H2,1-8H3,(H,42,43)/b14-9+,21-12+/t22-,26?,36-,37?,38?/m1/s1. The molecule has 3 heterocycles. The van der Waals surface area contributed by atoms with Crippen LogP contribution in [0.4, 0.5) is 0 Å². The summed E-state index contributed by atoms with van der Waals surface area (Å²) < 4.78 is 20.5. The lowest BCUT2D eigenvalue weighted by atomic mass is 9.51. The molecule has 5 atom stereocenters. The van der Waals surface area contributed by atoms with Gasteiger partial charge in [0.15, 0.2) is 22.8 Å². The number of carboxylic acid groups (broad SMARTS) is 1. The zero-order valence-corrected chi connectivity index (χ0v) is 28.3. The van der Waals surface area contributed by atoms with Gasteiger partial charge in [-0.25, -0.2) is 4.79 Å². The van der Waals surface area contributed by atoms with E-state index in [2.05, 4.69) is 0 Å². The normalized spacial score (nSPS) is 31.5. The fourth-order valence-electron chi connectivity index (χ4n) is 8.08. The third-order valence-electron chi connectivity index (χ3n) is 10.3. The SMILES string of the molecule is CC(C)=CCc1c2c(c(O)c3c1OC14C(=C[C@@H]5CC1C(C)(C)OC4(C/C=C(\C)C(=O)O)C5=O)C3=O)C=C[C@@](C)(C/C=C/C(C)(C)O)O2. The number of aliphatic carboxylic acids is 1. The number of phenolic OH excluding ortho intramolecular Hbond substituents is 1. The van der Waals surface area contributed by atoms with Gasteiger partial charge in [-0.2, -0.15) is 0 Å². The van der Waals surface area contributed by atoms with Gasteiger partial charge in [-0.1, -0.05) is 36.0 Å². The zero-order valence-electron chi connectivity index (χ0n) is 28.3. The van der Waals surface area contributed by atoms with Crippen LogP contribution in [0.15, 0.2) is 53.2 Å². The highest BCUT2D eigenvalue weighted by atomic mass is 16.6. The van der Waals surface area contributed by atoms with Gasteiger partial charge in [0, 0.05) is 41.4 Å². The number of carbonyl (C=O) groups excluding carboxylic acids is 2. The van der Waals surface area contributed by atoms with E-state index >= 15 is 0 Å². The fourth-order valence-corrected chi connectivity index (χ4v) is 8.08. The third kappa shape index (κ3) is 4.84. The molecule has 4 bridgehead atoms. The highest BCUT2D eigenvalue weighted by molar-refractivity contribution is 6.19. The van der Waals surface area contributed by atoms with Gasteiger partial charge < -0.3 is 29.5 Å². The molecule has 1 aromatic carbocycles. The summed E-state index contributed by atoms with van der Waals surface area (Å²) in [7, 11) is 0. The molecule has 3 N–H and O–H groups in total. The van der Waals surface area contributed by atoms with Crippen molar-refractivity contribution in [2.24, 2.45) is 11.8 Å². The molecule has 3 unspecified atom stereocenters. The van der Waals surface area contributed by atoms with E-state index in [1.165, 1.54) is 13.0 Å². The molecule has 7 rings (SSSR count). The van der Waals surface area contributed by atoms with Gasteiger partial charge in [0.2, 0.25) is 0 Å². The van der Waals surface area contributed by atoms with Crippen LogP contribution >= 0.6 is 0 Å². The van der Waals surface area contributed by atoms with E-state index in [0.717, 1.165) is 5.57 Å². The average molecular weight is 645 g/mol. The third-order valence-corrected chi connectivity index (χ3v) is 10.3. The van der Waals surface area contributed by atoms with Gasteiger partial charge in [-0.15, -0.1) is 0 Å². The molecule has 3 aliphatic carbocycles. The summed E-state index contributed by atoms with van der Waals surface area (Å²) in [6, 6.07) is 0. The Morgan fingerprint density at radius 1 is 1.06 bits per heavy atom. The Morgan fingerprint density at radius 2 is 1.77 bits per heavy atom. The molecular formula is C38H44O9. The second-order valence-electron chi connectivity index (χ2n) is 15.2. The first kappa shape index (κ1) is 33.0. The Hall–Kier alpha value is -3.95. The summed E-state index contributed by atoms with van der Waals surface area (Å²) >= 11 is 0. The Kier molecular flexibility index (Phi) is 7.38. The van der Waals surface area contributed by atoms with Crippen LogP contribution in [0.2, 0.25) is 0 Å². The number of allylic oxidation sites excluding steroid dienone is 3. The highest BCUT2D eigenvalue weighted by Gasteiger charge is 2.81. The highest BCUT2D eigenvalue weighted by Crippen LogP contribution is 2.68. The van der Waals surface area contributed by atoms with Crippen molar-refractivity contribution in [3.8, 4) is 17.2 Å². The summed E-state index contributed by atoms with van der Waals surface area (Å²) in [4.78, 5) is 40.8. The first-order chi connectivity index (χ1) is 21.8. The van der Waals surface area contributed by atoms with E-state index < -0.39 is 51.6 Å². The van der Waals surface area contributed by atoms with Crippen molar-refractivity contribution in [2.45, 2.75) is 109 Å². The van der Waals surface area contributed by atoms with E-state index in [9.17, 15) is 29.7 Å². The summed E-state index contributed by atoms with van der Waals surface area (Å²) in [5, 5.41) is 31.6. The van der Waals surface area contributed by atoms with Crippen LogP contribution in [0.25, 0.3) is 6.08 Å². The van der Waals surface area contributed by atoms with Crippen molar-refractivity contribution in [3.05, 3.63) is 69.9 Å². The lowest BCUT2D eigenvalue weighted by Gasteiger charge is -2.56. The molecule has 0 amide bonds. The molecule has 0 aromatic heterocycles. The van der Waals surface area contributed by atoms with Crippen LogP contribution in [-0.4, -0.2) is 60.9 Å². The number of aromatic hydroxyl groups is 1. The summed E-state index contributed by atoms with van der Waals surface area (Å²) in [6.45, 7) is 14.4. The van der Waals surface area contributed by atoms with Crippen LogP contribution in [0.1, 0.15) is 96.1 Å². The Morgan fingerprint density at radius 3 is 2.40 bits per heavy atom. The quantitative estimate of drug-likeness (QED) is 0.223. The van der Waals surface area contributed by atoms with Crippen molar-refractivity contribution in [3.63, 3.8) is 0 Å². The molecule has 1 spiro atoms. The average Bonchev–Trinajstić information content (AvgIpc) is 3.11. The van der Waals surface area contributed by atoms with E-state index in [4.69, 9.17) is 14.2 Å². The maximum absolute atomic E-state index is 14.7. The molecule has 9 heteroatoms. The van der Waals surface area contributed by atoms with Gasteiger partial charge in [0.25, 0.3) is 0 Å². The van der Waals surface area contributed by atoms with Crippen LogP contribution in [0, 0.1) is 11.8 Å². The topological polar surface area (TPSA) is 140 Å². The number of ether oxygens (including phenoxy) is 3. The Labute approximate surface area is 275 Å². The molecule has 6 aliphatic rings. The van der Waals surface area contributed by atoms with Gasteiger partial charge in [-0.3, -0.25) is 9.59 Å². The predicted molar refractivity (Wildman–Crippen MR) is 176 cm³/mol. The summed E-state index contributed by atoms with van der Waals surface area (Å²) in [6.07, 6.45) is 13.3. The molecular weight excluding hydrogens is 600 g/mol. The van der Waals surface area contributed by atoms with Crippen molar-refractivity contribution in [2.75, 3.05) is 0 Å². The number of fused-ring (bicyclic) bond motifs is 2. The van der Waals surface area contributed by atoms with Crippen LogP contribution in [0.5, 0.6) is 17.2 Å². The van der Waals surface area contributed by atoms with E-state index in [0.29, 0.717) is 36.1 Å². The molecule has 3 aliphatic heterocycles. The minimum atomic E-state index is -1.66. The molecule has 1 saturated heterocycles. The lowest BCUT2D eigenvalue weighted by Crippen LogP contribution is -2.72. The smallest absolute Gasteiger partial charge is 0.330 e. The molecule has 1 aromatic rings. The van der Waals surface area contributed by atoms with Crippen LogP contribution in [0.3, 0.4) is 0 Å². The molecule has 250 valence electrons. The van der Waals surface area contributed by atoms with E-state index in [1.54, 1.807) is 32.1 Å². The molecule has 1 saturated carbocycles. The number of ketones is 2. The summed E-state index contributed by atoms with van der Waals surface area (Å²) in [5.41, 5.74) is -3.67. The number of Topliss-reactive ketones (excluding diaryl/α,β-unsaturated/α-hetero) is 2. The van der Waals surface area contributed by atoms with Crippen LogP contribution < -0.4 is 9.47 Å². The van der Waals surface area contributed by atoms with Crippen molar-refractivity contribution >= 4 is 23.6 Å². The minimum absolute atomic E-state index is 0.0150. The van der Waals surface area contributed by atoms with Gasteiger partial charge in [0.1, 0.15) is 28.4 Å². The number of carboxylic acids is 1. The molecule has 2 fully saturated rings. The monoisotopic (exact) mass is 644 g/mol. The van der Waals surface area contributed by atoms with E-state index in [-0.39, 0.29) is 40.4 Å². The number of aliphatic hydroxyl groups is 1. The maximum atomic E-state index is 14.7. The Balaban J connectivity index is 1.58. The van der Waals surface area contributed by atoms with Crippen molar-refractivity contribution < 1.29 is 43.9 Å². The van der Waals surface area contributed by atoms with Gasteiger partial charge in [-0.05, 0) is 80.4 Å². The van der Waals surface area contributed by atoms with E-state index in [1.807, 2.05) is 52.8 Å². The molecule has 47 heavy (non-hydrogen) atoms. The Bertz CT molecular complexity index is 1760. The fraction of sp³-hybridized carbons (Fsp3) is 0.500. The van der Waals surface area contributed by atoms with Crippen molar-refractivity contribution in [1.82, 2.24) is 0 Å². The number of rotatable bonds is 8. The molecule has 9 nitrogen and oxygen atoms in total. The summed E-state index contributed by atoms with van der Waals surface area (Å²) in [5.74, 6) is -2.58. The first-order valence-electron chi connectivity index (χ1n) is 16.2. The molecule has 0 radical (unpaired) electrons. The van der Waals surface area contributed by atoms with Gasteiger partial charge >= 0.3 is 5.97 Å². The van der Waals surface area contributed by atoms with Crippen LogP contribution in [-0.2, 0) is 20.7 Å². The zero-order chi connectivity index (χ0) is 34.5. The second-order valence-corrected chi connectivity index (χ2v) is 15.2. The number of hydrogen-bond acceptors (Lipinski definition) is 8. The first-order valence-corrected chi connectivity index (χ1v) is 16.2. The number of phenols is 1.